The maximum absolute atomic E-state index is 10.9. The Hall–Kier alpha value is -3.79. The predicted molar refractivity (Wildman–Crippen MR) is 127 cm³/mol. The van der Waals surface area contributed by atoms with Crippen molar-refractivity contribution < 1.29 is 9.90 Å². The molecule has 0 saturated heterocycles. The molecule has 1 unspecified atom stereocenters. The number of aliphatic carboxylic acids is 1. The molecule has 1 fully saturated rings. The van der Waals surface area contributed by atoms with Crippen LogP contribution in [-0.2, 0) is 4.79 Å². The van der Waals surface area contributed by atoms with Crippen molar-refractivity contribution in [1.82, 2.24) is 9.97 Å². The Kier molecular flexibility index (Phi) is 5.74. The highest BCUT2D eigenvalue weighted by molar-refractivity contribution is 6.37. The standard InChI is InChI=1S/C26H25N5O2/c27-13-17-3-10-21-22(11-17)31-26(30-21)24-15-28-23(14-29-24)20-8-6-19(7-9-20)18-4-1-16(2-5-18)12-25(32)33/h3,6-11,15-16,18,23H,1-2,4-5,12,14H2,(H,30,31)(H,32,33). The van der Waals surface area contributed by atoms with Crippen LogP contribution >= 0.6 is 0 Å². The number of imidazole rings is 1. The van der Waals surface area contributed by atoms with E-state index in [0.717, 1.165) is 48.0 Å². The molecule has 0 spiro atoms. The smallest absolute Gasteiger partial charge is 0.303 e. The minimum absolute atomic E-state index is 0.0105. The number of nitrogens with one attached hydrogen (secondary N) is 1. The minimum Gasteiger partial charge on any atom is -0.481 e. The average molecular weight is 440 g/mol. The molecule has 166 valence electrons. The number of nitriles is 1. The van der Waals surface area contributed by atoms with E-state index in [1.807, 2.05) is 6.07 Å². The largest absolute Gasteiger partial charge is 0.481 e. The van der Waals surface area contributed by atoms with E-state index in [4.69, 9.17) is 20.4 Å². The Bertz CT molecular complexity index is 1270. The maximum atomic E-state index is 10.9. The lowest BCUT2D eigenvalue weighted by molar-refractivity contribution is -0.138. The summed E-state index contributed by atoms with van der Waals surface area (Å²) in [6, 6.07) is 16.2. The molecule has 2 aromatic carbocycles. The Balaban J connectivity index is 1.22. The first-order valence-electron chi connectivity index (χ1n) is 11.4. The van der Waals surface area contributed by atoms with Crippen molar-refractivity contribution in [3.63, 3.8) is 0 Å². The number of nitrogens with zero attached hydrogens (tertiary/aromatic N) is 4. The average Bonchev–Trinajstić information content (AvgIpc) is 3.28. The van der Waals surface area contributed by atoms with Gasteiger partial charge in [-0.1, -0.05) is 24.3 Å². The number of aliphatic imine (C=N–C) groups is 2. The van der Waals surface area contributed by atoms with Crippen molar-refractivity contribution in [2.75, 3.05) is 6.54 Å². The third kappa shape index (κ3) is 4.56. The number of H-pyrrole nitrogens is 1. The molecule has 1 aliphatic heterocycles. The van der Waals surface area contributed by atoms with Crippen LogP contribution < -0.4 is 0 Å². The molecular weight excluding hydrogens is 414 g/mol. The highest BCUT2D eigenvalue weighted by Crippen LogP contribution is 2.37. The zero-order valence-electron chi connectivity index (χ0n) is 18.2. The molecule has 1 saturated carbocycles. The van der Waals surface area contributed by atoms with Gasteiger partial charge in [0, 0.05) is 6.42 Å². The van der Waals surface area contributed by atoms with Crippen LogP contribution in [0.1, 0.15) is 66.6 Å². The van der Waals surface area contributed by atoms with Crippen LogP contribution in [0.3, 0.4) is 0 Å². The van der Waals surface area contributed by atoms with Gasteiger partial charge in [-0.15, -0.1) is 0 Å². The number of aromatic amines is 1. The van der Waals surface area contributed by atoms with E-state index < -0.39 is 5.97 Å². The van der Waals surface area contributed by atoms with Crippen LogP contribution in [0.5, 0.6) is 0 Å². The number of carbonyl (C=O) groups is 1. The molecule has 2 heterocycles. The number of hydrogen-bond donors (Lipinski definition) is 2. The lowest BCUT2D eigenvalue weighted by Gasteiger charge is -2.28. The summed E-state index contributed by atoms with van der Waals surface area (Å²) in [6.45, 7) is 0.561. The molecule has 7 heteroatoms. The molecule has 2 N–H and O–H groups in total. The highest BCUT2D eigenvalue weighted by Gasteiger charge is 2.24. The molecule has 1 aliphatic carbocycles. The van der Waals surface area contributed by atoms with E-state index in [1.54, 1.807) is 18.3 Å². The summed E-state index contributed by atoms with van der Waals surface area (Å²) in [5.74, 6) is 0.811. The quantitative estimate of drug-likeness (QED) is 0.594. The molecule has 0 radical (unpaired) electrons. The summed E-state index contributed by atoms with van der Waals surface area (Å²) in [4.78, 5) is 28.2. The molecule has 5 rings (SSSR count). The van der Waals surface area contributed by atoms with Crippen molar-refractivity contribution in [1.29, 1.82) is 5.26 Å². The number of hydrogen-bond acceptors (Lipinski definition) is 5. The van der Waals surface area contributed by atoms with Crippen molar-refractivity contribution in [2.45, 2.75) is 44.1 Å². The first kappa shape index (κ1) is 21.1. The van der Waals surface area contributed by atoms with E-state index >= 15 is 0 Å². The van der Waals surface area contributed by atoms with Crippen LogP contribution in [-0.4, -0.2) is 39.5 Å². The number of carboxylic acids is 1. The van der Waals surface area contributed by atoms with E-state index in [-0.39, 0.29) is 6.04 Å². The van der Waals surface area contributed by atoms with Crippen molar-refractivity contribution in [3.05, 3.63) is 65.0 Å². The summed E-state index contributed by atoms with van der Waals surface area (Å²) < 4.78 is 0. The second-order valence-corrected chi connectivity index (χ2v) is 8.93. The topological polar surface area (TPSA) is 114 Å². The van der Waals surface area contributed by atoms with E-state index in [2.05, 4.69) is 40.3 Å². The first-order valence-corrected chi connectivity index (χ1v) is 11.4. The number of rotatable bonds is 5. The molecule has 7 nitrogen and oxygen atoms in total. The third-order valence-corrected chi connectivity index (χ3v) is 6.77. The SMILES string of the molecule is N#Cc1ccc2nc(C3=NCC(c4ccc(C5CCC(CC(=O)O)CC5)cc4)N=C3)[nH]c2c1. The summed E-state index contributed by atoms with van der Waals surface area (Å²) in [7, 11) is 0. The second-order valence-electron chi connectivity index (χ2n) is 8.93. The Morgan fingerprint density at radius 2 is 1.85 bits per heavy atom. The maximum Gasteiger partial charge on any atom is 0.303 e. The molecule has 1 atom stereocenters. The summed E-state index contributed by atoms with van der Waals surface area (Å²) in [6.07, 6.45) is 6.16. The first-order chi connectivity index (χ1) is 16.1. The zero-order chi connectivity index (χ0) is 22.8. The molecule has 0 amide bonds. The van der Waals surface area contributed by atoms with Crippen LogP contribution in [0.4, 0.5) is 0 Å². The molecule has 0 bridgehead atoms. The van der Waals surface area contributed by atoms with Gasteiger partial charge in [-0.05, 0) is 66.8 Å². The van der Waals surface area contributed by atoms with Gasteiger partial charge in [0.15, 0.2) is 5.82 Å². The fraction of sp³-hybridized carbons (Fsp3) is 0.346. The Labute approximate surface area is 191 Å². The van der Waals surface area contributed by atoms with Crippen molar-refractivity contribution in [3.8, 4) is 6.07 Å². The third-order valence-electron chi connectivity index (χ3n) is 6.77. The van der Waals surface area contributed by atoms with E-state index in [0.29, 0.717) is 36.2 Å². The van der Waals surface area contributed by atoms with Crippen molar-refractivity contribution in [2.24, 2.45) is 15.9 Å². The Morgan fingerprint density at radius 1 is 1.09 bits per heavy atom. The fourth-order valence-electron chi connectivity index (χ4n) is 4.90. The molecular formula is C26H25N5O2. The van der Waals surface area contributed by atoms with Crippen LogP contribution in [0.25, 0.3) is 11.0 Å². The van der Waals surface area contributed by atoms with E-state index in [9.17, 15) is 4.79 Å². The number of fused-ring (bicyclic) bond motifs is 1. The zero-order valence-corrected chi connectivity index (χ0v) is 18.2. The number of carboxylic acid groups (broad SMARTS) is 1. The van der Waals surface area contributed by atoms with Gasteiger partial charge < -0.3 is 10.1 Å². The van der Waals surface area contributed by atoms with Gasteiger partial charge in [0.2, 0.25) is 0 Å². The van der Waals surface area contributed by atoms with E-state index in [1.165, 1.54) is 5.56 Å². The monoisotopic (exact) mass is 439 g/mol. The summed E-state index contributed by atoms with van der Waals surface area (Å²) >= 11 is 0. The van der Waals surface area contributed by atoms with Gasteiger partial charge >= 0.3 is 5.97 Å². The summed E-state index contributed by atoms with van der Waals surface area (Å²) in [5, 5.41) is 18.1. The van der Waals surface area contributed by atoms with Crippen LogP contribution in [0.2, 0.25) is 0 Å². The lowest BCUT2D eigenvalue weighted by Crippen LogP contribution is -2.17. The predicted octanol–water partition coefficient (Wildman–Crippen LogP) is 4.80. The number of aromatic nitrogens is 2. The molecule has 3 aromatic rings. The summed E-state index contributed by atoms with van der Waals surface area (Å²) in [5.41, 5.74) is 5.39. The van der Waals surface area contributed by atoms with Crippen molar-refractivity contribution >= 4 is 28.9 Å². The normalized spacial score (nSPS) is 22.6. The second kappa shape index (κ2) is 8.99. The minimum atomic E-state index is -0.685. The lowest BCUT2D eigenvalue weighted by atomic mass is 9.77. The molecule has 1 aromatic heterocycles. The van der Waals surface area contributed by atoms with Gasteiger partial charge in [0.25, 0.3) is 0 Å². The van der Waals surface area contributed by atoms with Gasteiger partial charge in [-0.2, -0.15) is 5.26 Å². The molecule has 33 heavy (non-hydrogen) atoms. The highest BCUT2D eigenvalue weighted by atomic mass is 16.4. The number of benzene rings is 2. The van der Waals surface area contributed by atoms with Crippen LogP contribution in [0.15, 0.2) is 52.4 Å². The van der Waals surface area contributed by atoms with Crippen LogP contribution in [0, 0.1) is 17.2 Å². The van der Waals surface area contributed by atoms with Gasteiger partial charge in [0.1, 0.15) is 5.71 Å². The van der Waals surface area contributed by atoms with Gasteiger partial charge in [0.05, 0.1) is 41.5 Å². The van der Waals surface area contributed by atoms with Gasteiger partial charge in [-0.25, -0.2) is 4.98 Å². The fourth-order valence-corrected chi connectivity index (χ4v) is 4.90. The Morgan fingerprint density at radius 3 is 2.52 bits per heavy atom. The van der Waals surface area contributed by atoms with Gasteiger partial charge in [-0.3, -0.25) is 14.8 Å². The molecule has 2 aliphatic rings.